The molecular formula is C6H13N3O2S. The molecule has 1 heterocycles. The number of hydrogen-bond donors (Lipinski definition) is 3. The molecule has 1 atom stereocenters. The molecule has 1 saturated heterocycles. The fraction of sp³-hybridized carbons (Fsp3) is 0.833. The van der Waals surface area contributed by atoms with Gasteiger partial charge < -0.3 is 20.2 Å². The summed E-state index contributed by atoms with van der Waals surface area (Å²) in [5.41, 5.74) is 2.33. The largest absolute Gasteiger partial charge is 0.376 e. The molecule has 0 bridgehead atoms. The predicted octanol–water partition coefficient (Wildman–Crippen LogP) is -1.26. The first-order chi connectivity index (χ1) is 5.83. The Morgan fingerprint density at radius 1 is 1.58 bits per heavy atom. The van der Waals surface area contributed by atoms with Crippen molar-refractivity contribution in [3.63, 3.8) is 0 Å². The third kappa shape index (κ3) is 3.31. The molecule has 5 nitrogen and oxygen atoms in total. The number of thiocarbonyl (C=S) groups is 1. The number of nitrogens with one attached hydrogen (secondary N) is 2. The van der Waals surface area contributed by atoms with Crippen LogP contribution < -0.4 is 16.6 Å². The van der Waals surface area contributed by atoms with Gasteiger partial charge in [0.25, 0.3) is 0 Å². The summed E-state index contributed by atoms with van der Waals surface area (Å²) in [6.45, 7) is 2.56. The third-order valence-electron chi connectivity index (χ3n) is 1.51. The highest BCUT2D eigenvalue weighted by Gasteiger charge is 2.13. The molecular weight excluding hydrogens is 178 g/mol. The van der Waals surface area contributed by atoms with Gasteiger partial charge in [-0.3, -0.25) is 0 Å². The van der Waals surface area contributed by atoms with E-state index in [0.29, 0.717) is 31.5 Å². The van der Waals surface area contributed by atoms with Gasteiger partial charge in [-0.05, 0) is 12.2 Å². The lowest BCUT2D eigenvalue weighted by Gasteiger charge is -2.23. The quantitative estimate of drug-likeness (QED) is 0.287. The second-order valence-corrected chi connectivity index (χ2v) is 2.83. The van der Waals surface area contributed by atoms with E-state index in [-0.39, 0.29) is 6.10 Å². The maximum atomic E-state index is 5.36. The molecule has 0 radical (unpaired) electrons. The van der Waals surface area contributed by atoms with Gasteiger partial charge in [0.05, 0.1) is 25.9 Å². The zero-order valence-electron chi connectivity index (χ0n) is 6.71. The van der Waals surface area contributed by atoms with E-state index in [0.717, 1.165) is 0 Å². The summed E-state index contributed by atoms with van der Waals surface area (Å²) >= 11 is 4.78. The first-order valence-corrected chi connectivity index (χ1v) is 4.17. The van der Waals surface area contributed by atoms with Gasteiger partial charge in [0.15, 0.2) is 5.11 Å². The molecule has 0 spiro atoms. The predicted molar refractivity (Wildman–Crippen MR) is 48.5 cm³/mol. The van der Waals surface area contributed by atoms with Crippen LogP contribution >= 0.6 is 12.2 Å². The number of rotatable bonds is 2. The van der Waals surface area contributed by atoms with Gasteiger partial charge in [-0.2, -0.15) is 0 Å². The van der Waals surface area contributed by atoms with Crippen LogP contribution in [-0.4, -0.2) is 37.6 Å². The van der Waals surface area contributed by atoms with Crippen LogP contribution in [0.2, 0.25) is 0 Å². The molecule has 1 rings (SSSR count). The Bertz CT molecular complexity index is 150. The van der Waals surface area contributed by atoms with Crippen molar-refractivity contribution >= 4 is 17.3 Å². The first-order valence-electron chi connectivity index (χ1n) is 3.76. The Kier molecular flexibility index (Phi) is 4.23. The minimum Gasteiger partial charge on any atom is -0.376 e. The number of hydrazine groups is 1. The van der Waals surface area contributed by atoms with E-state index in [9.17, 15) is 0 Å². The van der Waals surface area contributed by atoms with Gasteiger partial charge >= 0.3 is 0 Å². The summed E-state index contributed by atoms with van der Waals surface area (Å²) in [7, 11) is 0. The lowest BCUT2D eigenvalue weighted by Crippen LogP contribution is -2.45. The average molecular weight is 191 g/mol. The van der Waals surface area contributed by atoms with Crippen molar-refractivity contribution in [1.29, 1.82) is 0 Å². The summed E-state index contributed by atoms with van der Waals surface area (Å²) in [6, 6.07) is 0. The van der Waals surface area contributed by atoms with Crippen LogP contribution in [0, 0.1) is 0 Å². The Labute approximate surface area is 76.6 Å². The molecule has 1 aliphatic rings. The maximum absolute atomic E-state index is 5.36. The van der Waals surface area contributed by atoms with E-state index in [4.69, 9.17) is 27.5 Å². The summed E-state index contributed by atoms with van der Waals surface area (Å²) in [5.74, 6) is 5.06. The van der Waals surface area contributed by atoms with Crippen molar-refractivity contribution in [3.8, 4) is 0 Å². The molecule has 4 N–H and O–H groups in total. The Morgan fingerprint density at radius 3 is 3.00 bits per heavy atom. The average Bonchev–Trinajstić information content (AvgIpc) is 2.16. The van der Waals surface area contributed by atoms with Crippen molar-refractivity contribution in [3.05, 3.63) is 0 Å². The van der Waals surface area contributed by atoms with E-state index >= 15 is 0 Å². The molecule has 0 saturated carbocycles. The van der Waals surface area contributed by atoms with Crippen molar-refractivity contribution in [1.82, 2.24) is 10.7 Å². The second kappa shape index (κ2) is 5.26. The molecule has 0 aliphatic carbocycles. The minimum atomic E-state index is 0.0741. The van der Waals surface area contributed by atoms with Crippen LogP contribution in [0.15, 0.2) is 0 Å². The second-order valence-electron chi connectivity index (χ2n) is 2.42. The van der Waals surface area contributed by atoms with E-state index in [1.165, 1.54) is 0 Å². The highest BCUT2D eigenvalue weighted by molar-refractivity contribution is 7.80. The summed E-state index contributed by atoms with van der Waals surface area (Å²) < 4.78 is 10.5. The van der Waals surface area contributed by atoms with Crippen molar-refractivity contribution in [2.45, 2.75) is 6.10 Å². The Balaban J connectivity index is 2.09. The monoisotopic (exact) mass is 191 g/mol. The lowest BCUT2D eigenvalue weighted by atomic mass is 10.3. The van der Waals surface area contributed by atoms with E-state index in [1.54, 1.807) is 0 Å². The minimum absolute atomic E-state index is 0.0741. The molecule has 0 aromatic rings. The standard InChI is InChI=1S/C6H13N3O2S/c7-9-6(12)8-3-5-4-10-1-2-11-5/h5H,1-4,7H2,(H2,8,9,12). The topological polar surface area (TPSA) is 68.5 Å². The fourth-order valence-corrected chi connectivity index (χ4v) is 0.995. The highest BCUT2D eigenvalue weighted by atomic mass is 32.1. The summed E-state index contributed by atoms with van der Waals surface area (Å²) in [4.78, 5) is 0. The maximum Gasteiger partial charge on any atom is 0.180 e. The summed E-state index contributed by atoms with van der Waals surface area (Å²) in [6.07, 6.45) is 0.0741. The normalized spacial score (nSPS) is 23.2. The number of hydrogen-bond acceptors (Lipinski definition) is 4. The molecule has 12 heavy (non-hydrogen) atoms. The van der Waals surface area contributed by atoms with E-state index in [2.05, 4.69) is 10.7 Å². The van der Waals surface area contributed by atoms with Crippen molar-refractivity contribution in [2.75, 3.05) is 26.4 Å². The van der Waals surface area contributed by atoms with Gasteiger partial charge in [0.1, 0.15) is 0 Å². The summed E-state index contributed by atoms with van der Waals surface area (Å²) in [5, 5.41) is 3.31. The van der Waals surface area contributed by atoms with Gasteiger partial charge in [-0.25, -0.2) is 5.84 Å². The van der Waals surface area contributed by atoms with Crippen LogP contribution in [0.1, 0.15) is 0 Å². The Hall–Kier alpha value is -0.430. The molecule has 70 valence electrons. The SMILES string of the molecule is NNC(=S)NCC1COCCO1. The number of nitrogens with two attached hydrogens (primary N) is 1. The number of ether oxygens (including phenoxy) is 2. The Morgan fingerprint density at radius 2 is 2.42 bits per heavy atom. The van der Waals surface area contributed by atoms with E-state index in [1.807, 2.05) is 0 Å². The first kappa shape index (κ1) is 9.66. The molecule has 0 amide bonds. The third-order valence-corrected chi connectivity index (χ3v) is 1.77. The fourth-order valence-electron chi connectivity index (χ4n) is 0.912. The smallest absolute Gasteiger partial charge is 0.180 e. The van der Waals surface area contributed by atoms with Crippen molar-refractivity contribution < 1.29 is 9.47 Å². The molecule has 1 unspecified atom stereocenters. The van der Waals surface area contributed by atoms with Gasteiger partial charge in [-0.15, -0.1) is 0 Å². The van der Waals surface area contributed by atoms with Crippen LogP contribution in [0.5, 0.6) is 0 Å². The molecule has 0 aromatic heterocycles. The van der Waals surface area contributed by atoms with Crippen LogP contribution in [0.3, 0.4) is 0 Å². The lowest BCUT2D eigenvalue weighted by molar-refractivity contribution is -0.0849. The van der Waals surface area contributed by atoms with Crippen LogP contribution in [0.4, 0.5) is 0 Å². The van der Waals surface area contributed by atoms with Gasteiger partial charge in [-0.1, -0.05) is 0 Å². The van der Waals surface area contributed by atoms with Crippen LogP contribution in [0.25, 0.3) is 0 Å². The molecule has 6 heteroatoms. The zero-order chi connectivity index (χ0) is 8.81. The van der Waals surface area contributed by atoms with Gasteiger partial charge in [0.2, 0.25) is 0 Å². The van der Waals surface area contributed by atoms with Gasteiger partial charge in [0, 0.05) is 6.54 Å². The van der Waals surface area contributed by atoms with Crippen molar-refractivity contribution in [2.24, 2.45) is 5.84 Å². The highest BCUT2D eigenvalue weighted by Crippen LogP contribution is 1.98. The molecule has 1 aliphatic heterocycles. The van der Waals surface area contributed by atoms with E-state index < -0.39 is 0 Å². The molecule has 1 fully saturated rings. The molecule has 0 aromatic carbocycles. The zero-order valence-corrected chi connectivity index (χ0v) is 7.52. The van der Waals surface area contributed by atoms with Crippen LogP contribution in [-0.2, 0) is 9.47 Å².